The van der Waals surface area contributed by atoms with Crippen molar-refractivity contribution in [1.29, 1.82) is 0 Å². The molecule has 1 saturated carbocycles. The van der Waals surface area contributed by atoms with E-state index >= 15 is 0 Å². The molecule has 1 amide bonds. The number of carbonyl (C=O) groups excluding carboxylic acids is 1. The zero-order valence-corrected chi connectivity index (χ0v) is 19.1. The van der Waals surface area contributed by atoms with E-state index in [9.17, 15) is 14.9 Å². The van der Waals surface area contributed by atoms with E-state index in [1.807, 2.05) is 17.0 Å². The van der Waals surface area contributed by atoms with Crippen molar-refractivity contribution >= 4 is 11.6 Å². The molecule has 0 spiro atoms. The smallest absolute Gasteiger partial charge is 0.269 e. The number of non-ortho nitro benzene ring substituents is 1. The molecule has 4 rings (SSSR count). The average molecular weight is 455 g/mol. The lowest BCUT2D eigenvalue weighted by atomic mass is 9.86. The number of carbonyl (C=O) groups is 1. The fourth-order valence-corrected chi connectivity index (χ4v) is 4.89. The van der Waals surface area contributed by atoms with E-state index in [4.69, 9.17) is 14.2 Å². The van der Waals surface area contributed by atoms with Crippen LogP contribution in [0.1, 0.15) is 49.3 Å². The summed E-state index contributed by atoms with van der Waals surface area (Å²) in [4.78, 5) is 26.0. The van der Waals surface area contributed by atoms with Crippen LogP contribution in [0.15, 0.2) is 36.4 Å². The molecule has 0 bridgehead atoms. The van der Waals surface area contributed by atoms with Gasteiger partial charge in [0.25, 0.3) is 5.69 Å². The van der Waals surface area contributed by atoms with Gasteiger partial charge in [-0.05, 0) is 54.7 Å². The second-order valence-corrected chi connectivity index (χ2v) is 8.60. The number of fused-ring (bicyclic) bond motifs is 1. The second kappa shape index (κ2) is 10.1. The predicted molar refractivity (Wildman–Crippen MR) is 123 cm³/mol. The summed E-state index contributed by atoms with van der Waals surface area (Å²) < 4.78 is 17.0. The van der Waals surface area contributed by atoms with Crippen molar-refractivity contribution in [3.63, 3.8) is 0 Å². The first kappa shape index (κ1) is 22.9. The largest absolute Gasteiger partial charge is 0.493 e. The van der Waals surface area contributed by atoms with E-state index in [2.05, 4.69) is 0 Å². The van der Waals surface area contributed by atoms with Gasteiger partial charge in [-0.15, -0.1) is 0 Å². The van der Waals surface area contributed by atoms with Crippen LogP contribution >= 0.6 is 0 Å². The highest BCUT2D eigenvalue weighted by atomic mass is 16.6. The first-order valence-electron chi connectivity index (χ1n) is 11.4. The van der Waals surface area contributed by atoms with Crippen LogP contribution in [-0.4, -0.2) is 43.1 Å². The molecule has 0 aromatic heterocycles. The Hall–Kier alpha value is -3.29. The molecule has 0 radical (unpaired) electrons. The van der Waals surface area contributed by atoms with Gasteiger partial charge in [0.15, 0.2) is 11.5 Å². The highest BCUT2D eigenvalue weighted by Gasteiger charge is 2.36. The summed E-state index contributed by atoms with van der Waals surface area (Å²) in [5, 5.41) is 10.9. The molecule has 2 aromatic rings. The molecule has 33 heavy (non-hydrogen) atoms. The van der Waals surface area contributed by atoms with Gasteiger partial charge in [-0.2, -0.15) is 0 Å². The number of ether oxygens (including phenoxy) is 3. The topological polar surface area (TPSA) is 91.1 Å². The maximum Gasteiger partial charge on any atom is 0.269 e. The van der Waals surface area contributed by atoms with Crippen LogP contribution in [0.25, 0.3) is 0 Å². The van der Waals surface area contributed by atoms with Crippen LogP contribution in [0.3, 0.4) is 0 Å². The molecule has 1 aliphatic carbocycles. The lowest BCUT2D eigenvalue weighted by Gasteiger charge is -2.40. The molecule has 8 heteroatoms. The fraction of sp³-hybridized carbons (Fsp3) is 0.480. The molecule has 0 saturated heterocycles. The second-order valence-electron chi connectivity index (χ2n) is 8.60. The molecule has 176 valence electrons. The molecule has 2 aromatic carbocycles. The summed E-state index contributed by atoms with van der Waals surface area (Å²) in [6.45, 7) is 0.866. The maximum atomic E-state index is 13.5. The third kappa shape index (κ3) is 4.89. The Morgan fingerprint density at radius 2 is 1.73 bits per heavy atom. The van der Waals surface area contributed by atoms with E-state index in [1.165, 1.54) is 18.6 Å². The Morgan fingerprint density at radius 1 is 1.06 bits per heavy atom. The van der Waals surface area contributed by atoms with Crippen LogP contribution < -0.4 is 14.2 Å². The number of benzene rings is 2. The molecule has 1 fully saturated rings. The van der Waals surface area contributed by atoms with Gasteiger partial charge < -0.3 is 19.1 Å². The Morgan fingerprint density at radius 3 is 2.36 bits per heavy atom. The van der Waals surface area contributed by atoms with E-state index in [0.717, 1.165) is 43.2 Å². The third-order valence-electron chi connectivity index (χ3n) is 6.70. The van der Waals surface area contributed by atoms with Gasteiger partial charge in [-0.3, -0.25) is 14.9 Å². The van der Waals surface area contributed by atoms with Crippen molar-refractivity contribution < 1.29 is 23.9 Å². The number of amides is 1. The number of nitrogens with zero attached hydrogens (tertiary/aromatic N) is 2. The van der Waals surface area contributed by atoms with Crippen molar-refractivity contribution in [2.24, 2.45) is 5.92 Å². The lowest BCUT2D eigenvalue weighted by Crippen LogP contribution is -2.45. The van der Waals surface area contributed by atoms with E-state index in [0.29, 0.717) is 23.8 Å². The van der Waals surface area contributed by atoms with Gasteiger partial charge in [0, 0.05) is 24.6 Å². The maximum absolute atomic E-state index is 13.5. The van der Waals surface area contributed by atoms with Gasteiger partial charge in [-0.25, -0.2) is 0 Å². The Labute approximate surface area is 193 Å². The molecule has 8 nitrogen and oxygen atoms in total. The summed E-state index contributed by atoms with van der Waals surface area (Å²) in [7, 11) is 3.21. The molecule has 1 heterocycles. The van der Waals surface area contributed by atoms with Gasteiger partial charge >= 0.3 is 0 Å². The molecule has 2 aliphatic rings. The van der Waals surface area contributed by atoms with Crippen LogP contribution in [0, 0.1) is 16.0 Å². The normalized spacial score (nSPS) is 18.4. The quantitative estimate of drug-likeness (QED) is 0.445. The van der Waals surface area contributed by atoms with Gasteiger partial charge in [0.2, 0.25) is 5.91 Å². The number of hydrogen-bond donors (Lipinski definition) is 0. The standard InChI is InChI=1S/C25H30N2O6/c1-31-23-14-18-12-13-26(25(28)17-6-4-3-5-7-17)22(21(18)15-24(23)32-2)16-33-20-10-8-19(9-11-20)27(29)30/h8-11,14-15,17,22H,3-7,12-13,16H2,1-2H3/t22-/m1/s1. The van der Waals surface area contributed by atoms with Crippen LogP contribution in [-0.2, 0) is 11.2 Å². The van der Waals surface area contributed by atoms with Crippen molar-refractivity contribution in [3.05, 3.63) is 57.6 Å². The summed E-state index contributed by atoms with van der Waals surface area (Å²) in [6, 6.07) is 9.66. The molecule has 1 aliphatic heterocycles. The Balaban J connectivity index is 1.62. The minimum atomic E-state index is -0.439. The van der Waals surface area contributed by atoms with Crippen molar-refractivity contribution in [3.8, 4) is 17.2 Å². The molecule has 1 atom stereocenters. The summed E-state index contributed by atoms with van der Waals surface area (Å²) >= 11 is 0. The zero-order chi connectivity index (χ0) is 23.4. The van der Waals surface area contributed by atoms with Crippen molar-refractivity contribution in [2.45, 2.75) is 44.6 Å². The zero-order valence-electron chi connectivity index (χ0n) is 19.1. The highest BCUT2D eigenvalue weighted by molar-refractivity contribution is 5.80. The van der Waals surface area contributed by atoms with E-state index in [1.54, 1.807) is 26.4 Å². The first-order chi connectivity index (χ1) is 16.0. The number of nitro benzene ring substituents is 1. The average Bonchev–Trinajstić information content (AvgIpc) is 2.86. The Kier molecular flexibility index (Phi) is 7.01. The van der Waals surface area contributed by atoms with Crippen molar-refractivity contribution in [1.82, 2.24) is 4.90 Å². The van der Waals surface area contributed by atoms with Gasteiger partial charge in [0.1, 0.15) is 12.4 Å². The number of hydrogen-bond acceptors (Lipinski definition) is 6. The number of rotatable bonds is 7. The van der Waals surface area contributed by atoms with E-state index in [-0.39, 0.29) is 30.2 Å². The molecular weight excluding hydrogens is 424 g/mol. The van der Waals surface area contributed by atoms with Gasteiger partial charge in [-0.1, -0.05) is 19.3 Å². The minimum Gasteiger partial charge on any atom is -0.493 e. The lowest BCUT2D eigenvalue weighted by molar-refractivity contribution is -0.384. The van der Waals surface area contributed by atoms with Gasteiger partial charge in [0.05, 0.1) is 25.2 Å². The minimum absolute atomic E-state index is 0.0105. The highest BCUT2D eigenvalue weighted by Crippen LogP contribution is 2.40. The summed E-state index contributed by atoms with van der Waals surface area (Å²) in [6.07, 6.45) is 5.98. The van der Waals surface area contributed by atoms with E-state index < -0.39 is 4.92 Å². The predicted octanol–water partition coefficient (Wildman–Crippen LogP) is 4.70. The summed E-state index contributed by atoms with van der Waals surface area (Å²) in [5.41, 5.74) is 2.11. The first-order valence-corrected chi connectivity index (χ1v) is 11.4. The monoisotopic (exact) mass is 454 g/mol. The van der Waals surface area contributed by atoms with Crippen LogP contribution in [0.2, 0.25) is 0 Å². The third-order valence-corrected chi connectivity index (χ3v) is 6.70. The van der Waals surface area contributed by atoms with Crippen molar-refractivity contribution in [2.75, 3.05) is 27.4 Å². The Bertz CT molecular complexity index is 1000. The fourth-order valence-electron chi connectivity index (χ4n) is 4.89. The molecular formula is C25H30N2O6. The number of nitro groups is 1. The van der Waals surface area contributed by atoms with Crippen LogP contribution in [0.5, 0.6) is 17.2 Å². The molecule has 0 N–H and O–H groups in total. The molecule has 0 unspecified atom stereocenters. The SMILES string of the molecule is COc1cc2c(cc1OC)[C@@H](COc1ccc([N+](=O)[O-])cc1)N(C(=O)C1CCCCC1)CC2. The summed E-state index contributed by atoms with van der Waals surface area (Å²) in [5.74, 6) is 2.05. The number of methoxy groups -OCH3 is 2. The van der Waals surface area contributed by atoms with Crippen LogP contribution in [0.4, 0.5) is 5.69 Å².